The van der Waals surface area contributed by atoms with Crippen molar-refractivity contribution < 1.29 is 23.4 Å². The molecule has 0 N–H and O–H groups in total. The summed E-state index contributed by atoms with van der Waals surface area (Å²) >= 11 is 0. The Morgan fingerprint density at radius 3 is 2.73 bits per heavy atom. The second-order valence-electron chi connectivity index (χ2n) is 2.84. The molecule has 5 nitrogen and oxygen atoms in total. The summed E-state index contributed by atoms with van der Waals surface area (Å²) in [7, 11) is -1.19. The van der Waals surface area contributed by atoms with E-state index in [1.807, 2.05) is 0 Å². The van der Waals surface area contributed by atoms with Gasteiger partial charge in [-0.25, -0.2) is 4.79 Å². The Morgan fingerprint density at radius 2 is 2.20 bits per heavy atom. The van der Waals surface area contributed by atoms with Crippen molar-refractivity contribution in [2.45, 2.75) is 0 Å². The molecule has 6 heteroatoms. The number of ether oxygens (including phenoxy) is 2. The minimum Gasteiger partial charge on any atom is -0.451 e. The topological polar surface area (TPSA) is 61.8 Å². The Kier molecular flexibility index (Phi) is 7.06. The highest BCUT2D eigenvalue weighted by molar-refractivity contribution is 7.58. The molecular weight excluding hydrogens is 219 g/mol. The van der Waals surface area contributed by atoms with Crippen molar-refractivity contribution in [2.75, 3.05) is 39.8 Å². The minimum absolute atomic E-state index is 0.0630. The number of hydrogen-bond donors (Lipinski definition) is 0. The molecule has 0 rings (SSSR count). The maximum atomic E-state index is 11.4. The van der Waals surface area contributed by atoms with Gasteiger partial charge in [0.15, 0.2) is 6.61 Å². The fourth-order valence-electron chi connectivity index (χ4n) is 0.641. The average Bonchev–Trinajstić information content (AvgIpc) is 2.21. The number of carbonyl (C=O) groups is 1. The summed E-state index contributed by atoms with van der Waals surface area (Å²) in [6, 6.07) is 0. The molecule has 0 aliphatic heterocycles. The van der Waals surface area contributed by atoms with Gasteiger partial charge in [0.2, 0.25) is 7.37 Å². The van der Waals surface area contributed by atoms with Crippen molar-refractivity contribution in [1.29, 1.82) is 0 Å². The van der Waals surface area contributed by atoms with Crippen LogP contribution in [0.1, 0.15) is 0 Å². The Bertz CT molecular complexity index is 281. The lowest BCUT2D eigenvalue weighted by molar-refractivity contribution is -0.147. The number of terminal acetylenes is 1. The van der Waals surface area contributed by atoms with Gasteiger partial charge in [-0.2, -0.15) is 0 Å². The van der Waals surface area contributed by atoms with Gasteiger partial charge in [-0.05, 0) is 0 Å². The largest absolute Gasteiger partial charge is 0.451 e. The van der Waals surface area contributed by atoms with Gasteiger partial charge >= 0.3 is 5.97 Å². The Hall–Kier alpha value is -0.820. The van der Waals surface area contributed by atoms with Crippen LogP contribution in [0.25, 0.3) is 0 Å². The summed E-state index contributed by atoms with van der Waals surface area (Å²) in [6.45, 7) is 1.44. The summed E-state index contributed by atoms with van der Waals surface area (Å²) in [5, 5.41) is 0. The van der Waals surface area contributed by atoms with Gasteiger partial charge in [-0.1, -0.05) is 5.92 Å². The third-order valence-corrected chi connectivity index (χ3v) is 3.33. The molecule has 0 heterocycles. The van der Waals surface area contributed by atoms with Crippen LogP contribution in [0.2, 0.25) is 0 Å². The molecule has 0 aromatic carbocycles. The Morgan fingerprint density at radius 1 is 1.53 bits per heavy atom. The van der Waals surface area contributed by atoms with Crippen LogP contribution in [0.4, 0.5) is 0 Å². The fourth-order valence-corrected chi connectivity index (χ4v) is 1.28. The monoisotopic (exact) mass is 234 g/mol. The molecule has 0 radical (unpaired) electrons. The number of hydrogen-bond acceptors (Lipinski definition) is 5. The van der Waals surface area contributed by atoms with E-state index in [2.05, 4.69) is 10.7 Å². The van der Waals surface area contributed by atoms with E-state index in [-0.39, 0.29) is 26.0 Å². The van der Waals surface area contributed by atoms with Crippen molar-refractivity contribution in [3.8, 4) is 12.3 Å². The molecule has 86 valence electrons. The van der Waals surface area contributed by atoms with Gasteiger partial charge in [0, 0.05) is 19.9 Å². The number of carbonyl (C=O) groups excluding carboxylic acids is 1. The van der Waals surface area contributed by atoms with Gasteiger partial charge in [0.25, 0.3) is 0 Å². The third kappa shape index (κ3) is 8.19. The lowest BCUT2D eigenvalue weighted by Gasteiger charge is -2.09. The first-order valence-corrected chi connectivity index (χ1v) is 6.56. The second-order valence-corrected chi connectivity index (χ2v) is 5.68. The zero-order valence-electron chi connectivity index (χ0n) is 8.89. The van der Waals surface area contributed by atoms with Gasteiger partial charge in [-0.3, -0.25) is 4.57 Å². The molecule has 1 atom stereocenters. The van der Waals surface area contributed by atoms with Crippen molar-refractivity contribution >= 4 is 13.3 Å². The SMILES string of the molecule is C#CCOC(=O)COCCP(C)(=O)OC. The molecule has 0 spiro atoms. The molecule has 0 aromatic heterocycles. The van der Waals surface area contributed by atoms with Crippen LogP contribution in [0, 0.1) is 12.3 Å². The van der Waals surface area contributed by atoms with Gasteiger partial charge in [0.1, 0.15) is 6.61 Å². The van der Waals surface area contributed by atoms with Gasteiger partial charge in [-0.15, -0.1) is 6.42 Å². The first-order valence-electron chi connectivity index (χ1n) is 4.31. The van der Waals surface area contributed by atoms with Crippen molar-refractivity contribution in [3.05, 3.63) is 0 Å². The minimum atomic E-state index is -2.56. The van der Waals surface area contributed by atoms with E-state index in [0.717, 1.165) is 0 Å². The Balaban J connectivity index is 3.51. The lowest BCUT2D eigenvalue weighted by Crippen LogP contribution is -2.14. The van der Waals surface area contributed by atoms with E-state index in [1.165, 1.54) is 13.8 Å². The van der Waals surface area contributed by atoms with Crippen molar-refractivity contribution in [1.82, 2.24) is 0 Å². The van der Waals surface area contributed by atoms with Crippen molar-refractivity contribution in [3.63, 3.8) is 0 Å². The van der Waals surface area contributed by atoms with E-state index in [0.29, 0.717) is 0 Å². The zero-order valence-corrected chi connectivity index (χ0v) is 9.79. The van der Waals surface area contributed by atoms with Crippen LogP contribution in [-0.4, -0.2) is 45.7 Å². The molecule has 0 saturated heterocycles. The highest BCUT2D eigenvalue weighted by atomic mass is 31.2. The summed E-state index contributed by atoms with van der Waals surface area (Å²) in [4.78, 5) is 10.9. The number of esters is 1. The van der Waals surface area contributed by atoms with E-state index in [9.17, 15) is 9.36 Å². The van der Waals surface area contributed by atoms with Crippen LogP contribution < -0.4 is 0 Å². The smallest absolute Gasteiger partial charge is 0.333 e. The van der Waals surface area contributed by atoms with Crippen LogP contribution in [0.3, 0.4) is 0 Å². The highest BCUT2D eigenvalue weighted by Gasteiger charge is 2.13. The summed E-state index contributed by atoms with van der Waals surface area (Å²) in [6.07, 6.45) is 5.16. The van der Waals surface area contributed by atoms with Gasteiger partial charge < -0.3 is 14.0 Å². The van der Waals surface area contributed by atoms with Gasteiger partial charge in [0.05, 0.1) is 6.61 Å². The maximum Gasteiger partial charge on any atom is 0.333 e. The molecule has 0 aliphatic carbocycles. The van der Waals surface area contributed by atoms with Crippen LogP contribution in [0.15, 0.2) is 0 Å². The summed E-state index contributed by atoms with van der Waals surface area (Å²) < 4.78 is 25.6. The summed E-state index contributed by atoms with van der Waals surface area (Å²) in [5.41, 5.74) is 0. The molecule has 0 aromatic rings. The first kappa shape index (κ1) is 14.2. The van der Waals surface area contributed by atoms with E-state index < -0.39 is 13.3 Å². The van der Waals surface area contributed by atoms with Crippen LogP contribution in [-0.2, 0) is 23.4 Å². The predicted octanol–water partition coefficient (Wildman–Crippen LogP) is 0.734. The van der Waals surface area contributed by atoms with Crippen molar-refractivity contribution in [2.24, 2.45) is 0 Å². The quantitative estimate of drug-likeness (QED) is 0.281. The van der Waals surface area contributed by atoms with Crippen LogP contribution >= 0.6 is 7.37 Å². The molecule has 0 saturated carbocycles. The summed E-state index contributed by atoms with van der Waals surface area (Å²) in [5.74, 6) is 1.63. The standard InChI is InChI=1S/C9H15O5P/c1-4-5-14-9(10)8-13-6-7-15(3,11)12-2/h1H,5-8H2,2-3H3. The maximum absolute atomic E-state index is 11.4. The third-order valence-electron chi connectivity index (χ3n) is 1.56. The predicted molar refractivity (Wildman–Crippen MR) is 56.0 cm³/mol. The van der Waals surface area contributed by atoms with Crippen LogP contribution in [0.5, 0.6) is 0 Å². The normalized spacial score (nSPS) is 13.9. The fraction of sp³-hybridized carbons (Fsp3) is 0.667. The molecule has 0 bridgehead atoms. The molecular formula is C9H15O5P. The molecule has 15 heavy (non-hydrogen) atoms. The van der Waals surface area contributed by atoms with E-state index >= 15 is 0 Å². The molecule has 0 amide bonds. The average molecular weight is 234 g/mol. The molecule has 0 aliphatic rings. The van der Waals surface area contributed by atoms with E-state index in [1.54, 1.807) is 0 Å². The zero-order chi connectivity index (χ0) is 11.7. The van der Waals surface area contributed by atoms with E-state index in [4.69, 9.17) is 15.7 Å². The number of rotatable bonds is 7. The molecule has 0 fully saturated rings. The Labute approximate surface area is 89.5 Å². The lowest BCUT2D eigenvalue weighted by atomic mass is 10.7. The molecule has 1 unspecified atom stereocenters. The first-order chi connectivity index (χ1) is 7.02. The highest BCUT2D eigenvalue weighted by Crippen LogP contribution is 2.40. The second kappa shape index (κ2) is 7.47.